The Balaban J connectivity index is 2.40. The molecule has 1 aromatic carbocycles. The normalized spacial score (nSPS) is 27.7. The van der Waals surface area contributed by atoms with Gasteiger partial charge in [-0.2, -0.15) is 5.26 Å². The summed E-state index contributed by atoms with van der Waals surface area (Å²) in [7, 11) is -3.43. The van der Waals surface area contributed by atoms with Crippen LogP contribution in [0.25, 0.3) is 0 Å². The monoisotopic (exact) mass is 341 g/mol. The smallest absolute Gasteiger partial charge is 0.182 e. The fourth-order valence-electron chi connectivity index (χ4n) is 2.64. The Morgan fingerprint density at radius 1 is 1.37 bits per heavy atom. The third-order valence-electron chi connectivity index (χ3n) is 3.74. The molecule has 0 aromatic heterocycles. The van der Waals surface area contributed by atoms with Crippen LogP contribution in [0.2, 0.25) is 0 Å². The van der Waals surface area contributed by atoms with E-state index < -0.39 is 15.1 Å². The molecule has 3 atom stereocenters. The van der Waals surface area contributed by atoms with Crippen LogP contribution in [0.5, 0.6) is 0 Å². The third-order valence-corrected chi connectivity index (χ3v) is 6.47. The highest BCUT2D eigenvalue weighted by Crippen LogP contribution is 2.36. The van der Waals surface area contributed by atoms with Gasteiger partial charge < -0.3 is 0 Å². The van der Waals surface area contributed by atoms with Gasteiger partial charge in [-0.15, -0.1) is 0 Å². The molecule has 102 valence electrons. The molecule has 1 saturated carbocycles. The van der Waals surface area contributed by atoms with E-state index in [1.165, 1.54) is 0 Å². The van der Waals surface area contributed by atoms with Crippen molar-refractivity contribution < 1.29 is 8.42 Å². The first-order valence-corrected chi connectivity index (χ1v) is 8.68. The summed E-state index contributed by atoms with van der Waals surface area (Å²) in [5, 5.41) is 8.62. The maximum absolute atomic E-state index is 12.7. The van der Waals surface area contributed by atoms with Gasteiger partial charge in [0.1, 0.15) is 0 Å². The first-order chi connectivity index (χ1) is 8.95. The van der Waals surface area contributed by atoms with Gasteiger partial charge in [-0.25, -0.2) is 8.42 Å². The van der Waals surface area contributed by atoms with Crippen molar-refractivity contribution in [3.63, 3.8) is 0 Å². The van der Waals surface area contributed by atoms with Crippen LogP contribution in [0.3, 0.4) is 0 Å². The minimum atomic E-state index is -3.43. The van der Waals surface area contributed by atoms with Gasteiger partial charge in [0.15, 0.2) is 9.84 Å². The van der Waals surface area contributed by atoms with E-state index in [2.05, 4.69) is 28.9 Å². The fraction of sp³-hybridized carbons (Fsp3) is 0.500. The first kappa shape index (κ1) is 14.5. The summed E-state index contributed by atoms with van der Waals surface area (Å²) in [4.78, 5) is 0.307. The van der Waals surface area contributed by atoms with Gasteiger partial charge in [-0.3, -0.25) is 0 Å². The van der Waals surface area contributed by atoms with Crippen molar-refractivity contribution in [3.05, 3.63) is 28.7 Å². The number of rotatable bonds is 2. The van der Waals surface area contributed by atoms with Crippen LogP contribution >= 0.6 is 15.9 Å². The summed E-state index contributed by atoms with van der Waals surface area (Å²) in [5.74, 6) is -0.0308. The van der Waals surface area contributed by atoms with Crippen molar-refractivity contribution in [2.75, 3.05) is 0 Å². The van der Waals surface area contributed by atoms with Gasteiger partial charge in [-0.05, 0) is 43.4 Å². The van der Waals surface area contributed by atoms with Gasteiger partial charge in [0.25, 0.3) is 0 Å². The van der Waals surface area contributed by atoms with Crippen LogP contribution in [-0.2, 0) is 9.84 Å². The minimum Gasteiger partial charge on any atom is -0.223 e. The lowest BCUT2D eigenvalue weighted by Crippen LogP contribution is -2.35. The molecule has 1 aromatic rings. The van der Waals surface area contributed by atoms with E-state index in [9.17, 15) is 13.7 Å². The van der Waals surface area contributed by atoms with Crippen molar-refractivity contribution in [3.8, 4) is 6.07 Å². The quantitative estimate of drug-likeness (QED) is 0.826. The van der Waals surface area contributed by atoms with E-state index >= 15 is 0 Å². The molecule has 0 saturated heterocycles. The zero-order chi connectivity index (χ0) is 14.0. The van der Waals surface area contributed by atoms with E-state index in [1.807, 2.05) is 0 Å². The fourth-order valence-corrected chi connectivity index (χ4v) is 5.31. The number of nitriles is 1. The Morgan fingerprint density at radius 2 is 2.11 bits per heavy atom. The van der Waals surface area contributed by atoms with Gasteiger partial charge in [-0.1, -0.05) is 28.9 Å². The highest BCUT2D eigenvalue weighted by Gasteiger charge is 2.38. The lowest BCUT2D eigenvalue weighted by Gasteiger charge is -2.30. The summed E-state index contributed by atoms with van der Waals surface area (Å²) in [6, 6.07) is 8.90. The molecule has 2 rings (SSSR count). The molecule has 5 heteroatoms. The molecule has 1 aliphatic rings. The van der Waals surface area contributed by atoms with Crippen LogP contribution in [0.15, 0.2) is 33.6 Å². The first-order valence-electron chi connectivity index (χ1n) is 6.34. The molecule has 3 nitrogen and oxygen atoms in total. The van der Waals surface area contributed by atoms with Crippen LogP contribution in [0, 0.1) is 23.2 Å². The predicted molar refractivity (Wildman–Crippen MR) is 77.2 cm³/mol. The Hall–Kier alpha value is -0.860. The molecular formula is C14H16BrNO2S. The SMILES string of the molecule is CC1CCC(C#N)C(S(=O)(=O)c2cccc(Br)c2)C1. The number of hydrogen-bond donors (Lipinski definition) is 0. The number of hydrogen-bond acceptors (Lipinski definition) is 3. The second-order valence-corrected chi connectivity index (χ2v) is 8.28. The lowest BCUT2D eigenvalue weighted by atomic mass is 9.83. The Kier molecular flexibility index (Phi) is 4.32. The summed E-state index contributed by atoms with van der Waals surface area (Å²) in [5.41, 5.74) is 0. The number of sulfone groups is 1. The van der Waals surface area contributed by atoms with E-state index in [1.54, 1.807) is 24.3 Å². The van der Waals surface area contributed by atoms with Gasteiger partial charge in [0.2, 0.25) is 0 Å². The minimum absolute atomic E-state index is 0.307. The average Bonchev–Trinajstić information content (AvgIpc) is 2.38. The highest BCUT2D eigenvalue weighted by molar-refractivity contribution is 9.10. The molecule has 0 heterocycles. The summed E-state index contributed by atoms with van der Waals surface area (Å²) in [6.45, 7) is 2.05. The van der Waals surface area contributed by atoms with E-state index in [4.69, 9.17) is 0 Å². The topological polar surface area (TPSA) is 57.9 Å². The molecule has 0 amide bonds. The zero-order valence-electron chi connectivity index (χ0n) is 10.7. The molecule has 1 aliphatic carbocycles. The lowest BCUT2D eigenvalue weighted by molar-refractivity contribution is 0.335. The van der Waals surface area contributed by atoms with E-state index in [0.29, 0.717) is 23.7 Å². The van der Waals surface area contributed by atoms with Crippen molar-refractivity contribution >= 4 is 25.8 Å². The number of benzene rings is 1. The maximum atomic E-state index is 12.7. The molecular weight excluding hydrogens is 326 g/mol. The molecule has 1 fully saturated rings. The molecule has 0 N–H and O–H groups in total. The largest absolute Gasteiger partial charge is 0.223 e. The number of nitrogens with zero attached hydrogens (tertiary/aromatic N) is 1. The Morgan fingerprint density at radius 3 is 2.74 bits per heavy atom. The Labute approximate surface area is 122 Å². The second kappa shape index (κ2) is 5.64. The molecule has 0 bridgehead atoms. The zero-order valence-corrected chi connectivity index (χ0v) is 13.1. The number of halogens is 1. The molecule has 0 aliphatic heterocycles. The molecule has 3 unspecified atom stereocenters. The van der Waals surface area contributed by atoms with Crippen molar-refractivity contribution in [1.29, 1.82) is 5.26 Å². The van der Waals surface area contributed by atoms with Gasteiger partial charge in [0.05, 0.1) is 22.1 Å². The molecule has 0 radical (unpaired) electrons. The van der Waals surface area contributed by atoms with Crippen LogP contribution in [-0.4, -0.2) is 13.7 Å². The van der Waals surface area contributed by atoms with Crippen LogP contribution < -0.4 is 0 Å². The predicted octanol–water partition coefficient (Wildman–Crippen LogP) is 3.55. The van der Waals surface area contributed by atoms with Crippen LogP contribution in [0.4, 0.5) is 0 Å². The summed E-state index contributed by atoms with van der Waals surface area (Å²) >= 11 is 3.29. The van der Waals surface area contributed by atoms with Crippen molar-refractivity contribution in [2.45, 2.75) is 36.3 Å². The third kappa shape index (κ3) is 3.01. The summed E-state index contributed by atoms with van der Waals surface area (Å²) < 4.78 is 26.1. The molecule has 0 spiro atoms. The summed E-state index contributed by atoms with van der Waals surface area (Å²) in [6.07, 6.45) is 2.19. The van der Waals surface area contributed by atoms with Crippen molar-refractivity contribution in [2.24, 2.45) is 11.8 Å². The second-order valence-electron chi connectivity index (χ2n) is 5.19. The van der Waals surface area contributed by atoms with Crippen LogP contribution in [0.1, 0.15) is 26.2 Å². The average molecular weight is 342 g/mol. The van der Waals surface area contributed by atoms with E-state index in [0.717, 1.165) is 10.9 Å². The van der Waals surface area contributed by atoms with Gasteiger partial charge >= 0.3 is 0 Å². The van der Waals surface area contributed by atoms with E-state index in [-0.39, 0.29) is 5.92 Å². The Bertz CT molecular complexity index is 606. The standard InChI is InChI=1S/C14H16BrNO2S/c1-10-5-6-11(9-16)14(7-10)19(17,18)13-4-2-3-12(15)8-13/h2-4,8,10-11,14H,5-7H2,1H3. The van der Waals surface area contributed by atoms with Gasteiger partial charge in [0, 0.05) is 4.47 Å². The van der Waals surface area contributed by atoms with Crippen molar-refractivity contribution in [1.82, 2.24) is 0 Å². The highest BCUT2D eigenvalue weighted by atomic mass is 79.9. The maximum Gasteiger partial charge on any atom is 0.182 e. The molecule has 19 heavy (non-hydrogen) atoms.